The molecule has 2 atom stereocenters. The number of benzene rings is 1. The van der Waals surface area contributed by atoms with Gasteiger partial charge in [0.2, 0.25) is 0 Å². The Morgan fingerprint density at radius 1 is 1.45 bits per heavy atom. The summed E-state index contributed by atoms with van der Waals surface area (Å²) in [5.74, 6) is -1.45. The largest absolute Gasteiger partial charge is 0.478 e. The van der Waals surface area contributed by atoms with Crippen LogP contribution in [0.15, 0.2) is 24.4 Å². The number of aromatic nitrogens is 1. The molecule has 0 unspecified atom stereocenters. The van der Waals surface area contributed by atoms with Crippen molar-refractivity contribution in [3.8, 4) is 0 Å². The van der Waals surface area contributed by atoms with Gasteiger partial charge in [0.05, 0.1) is 17.3 Å². The number of pyridine rings is 1. The quantitative estimate of drug-likeness (QED) is 0.908. The molecule has 1 aliphatic carbocycles. The number of hydrogen-bond donors (Lipinski definition) is 2. The molecule has 1 aromatic heterocycles. The maximum absolute atomic E-state index is 13.3. The van der Waals surface area contributed by atoms with Gasteiger partial charge in [-0.15, -0.1) is 0 Å². The Hall–Kier alpha value is -2.21. The number of carboxylic acid groups (broad SMARTS) is 1. The summed E-state index contributed by atoms with van der Waals surface area (Å²) in [6, 6.07) is 4.32. The van der Waals surface area contributed by atoms with Gasteiger partial charge in [-0.1, -0.05) is 0 Å². The van der Waals surface area contributed by atoms with Crippen LogP contribution in [0.1, 0.15) is 29.6 Å². The second kappa shape index (κ2) is 5.88. The third-order valence-electron chi connectivity index (χ3n) is 4.13. The molecule has 0 aliphatic heterocycles. The molecule has 1 saturated carbocycles. The van der Waals surface area contributed by atoms with Crippen LogP contribution in [0.25, 0.3) is 10.9 Å². The van der Waals surface area contributed by atoms with E-state index in [2.05, 4.69) is 10.3 Å². The van der Waals surface area contributed by atoms with Crippen molar-refractivity contribution < 1.29 is 19.0 Å². The fourth-order valence-electron chi connectivity index (χ4n) is 2.97. The van der Waals surface area contributed by atoms with Crippen LogP contribution in [0.5, 0.6) is 0 Å². The van der Waals surface area contributed by atoms with Gasteiger partial charge in [0, 0.05) is 30.8 Å². The number of anilines is 1. The fraction of sp³-hybridized carbons (Fsp3) is 0.375. The highest BCUT2D eigenvalue weighted by molar-refractivity contribution is 6.04. The van der Waals surface area contributed by atoms with E-state index in [1.807, 2.05) is 0 Å². The Balaban J connectivity index is 2.01. The van der Waals surface area contributed by atoms with Crippen LogP contribution in [-0.2, 0) is 4.74 Å². The third-order valence-corrected chi connectivity index (χ3v) is 4.13. The van der Waals surface area contributed by atoms with E-state index >= 15 is 0 Å². The molecule has 0 radical (unpaired) electrons. The number of ether oxygens (including phenoxy) is 1. The Kier molecular flexibility index (Phi) is 3.94. The van der Waals surface area contributed by atoms with Crippen LogP contribution in [0, 0.1) is 5.82 Å². The molecule has 2 N–H and O–H groups in total. The van der Waals surface area contributed by atoms with Crippen molar-refractivity contribution in [2.75, 3.05) is 12.4 Å². The summed E-state index contributed by atoms with van der Waals surface area (Å²) >= 11 is 0. The van der Waals surface area contributed by atoms with E-state index in [0.29, 0.717) is 16.6 Å². The zero-order chi connectivity index (χ0) is 15.7. The summed E-state index contributed by atoms with van der Waals surface area (Å²) in [6.45, 7) is 0. The summed E-state index contributed by atoms with van der Waals surface area (Å²) in [6.07, 6.45) is 4.13. The number of hydrogen-bond acceptors (Lipinski definition) is 4. The van der Waals surface area contributed by atoms with Crippen molar-refractivity contribution in [2.24, 2.45) is 0 Å². The topological polar surface area (TPSA) is 71.5 Å². The monoisotopic (exact) mass is 304 g/mol. The van der Waals surface area contributed by atoms with E-state index in [4.69, 9.17) is 4.74 Å². The lowest BCUT2D eigenvalue weighted by Gasteiger charge is -2.18. The van der Waals surface area contributed by atoms with E-state index in [1.54, 1.807) is 13.2 Å². The Bertz CT molecular complexity index is 720. The van der Waals surface area contributed by atoms with Gasteiger partial charge in [0.1, 0.15) is 11.4 Å². The molecule has 1 heterocycles. The minimum absolute atomic E-state index is 0.0972. The second-order valence-electron chi connectivity index (χ2n) is 5.53. The van der Waals surface area contributed by atoms with Crippen molar-refractivity contribution in [1.82, 2.24) is 4.98 Å². The highest BCUT2D eigenvalue weighted by Crippen LogP contribution is 2.31. The molecule has 5 nitrogen and oxygen atoms in total. The maximum atomic E-state index is 13.3. The first-order valence-electron chi connectivity index (χ1n) is 7.19. The molecule has 0 bridgehead atoms. The van der Waals surface area contributed by atoms with Gasteiger partial charge in [-0.05, 0) is 31.4 Å². The molecule has 0 amide bonds. The van der Waals surface area contributed by atoms with E-state index in [-0.39, 0.29) is 17.7 Å². The zero-order valence-corrected chi connectivity index (χ0v) is 12.2. The minimum Gasteiger partial charge on any atom is -0.478 e. The first kappa shape index (κ1) is 14.7. The zero-order valence-electron chi connectivity index (χ0n) is 12.2. The molecule has 0 spiro atoms. The van der Waals surface area contributed by atoms with Crippen LogP contribution >= 0.6 is 0 Å². The summed E-state index contributed by atoms with van der Waals surface area (Å²) in [7, 11) is 1.68. The van der Waals surface area contributed by atoms with Gasteiger partial charge < -0.3 is 15.2 Å². The molecule has 1 aliphatic rings. The van der Waals surface area contributed by atoms with Gasteiger partial charge in [-0.3, -0.25) is 4.98 Å². The number of rotatable bonds is 4. The molecule has 2 aromatic rings. The lowest BCUT2D eigenvalue weighted by molar-refractivity contribution is 0.0697. The standard InChI is InChI=1S/C16H17FN2O3/c1-22-11-4-3-10(7-11)19-15-12-5-2-9(17)6-14(12)18-8-13(15)16(20)21/h2,5-6,8,10-11H,3-4,7H2,1H3,(H,18,19)(H,20,21)/t10-,11-/m0/s1. The lowest BCUT2D eigenvalue weighted by Crippen LogP contribution is -2.19. The highest BCUT2D eigenvalue weighted by atomic mass is 19.1. The summed E-state index contributed by atoms with van der Waals surface area (Å²) < 4.78 is 18.7. The van der Waals surface area contributed by atoms with Crippen molar-refractivity contribution in [2.45, 2.75) is 31.4 Å². The molecule has 116 valence electrons. The van der Waals surface area contributed by atoms with E-state index in [9.17, 15) is 14.3 Å². The second-order valence-corrected chi connectivity index (χ2v) is 5.53. The lowest BCUT2D eigenvalue weighted by atomic mass is 10.1. The Morgan fingerprint density at radius 2 is 2.27 bits per heavy atom. The van der Waals surface area contributed by atoms with Crippen molar-refractivity contribution in [1.29, 1.82) is 0 Å². The molecule has 3 rings (SSSR count). The van der Waals surface area contributed by atoms with E-state index in [1.165, 1.54) is 18.3 Å². The van der Waals surface area contributed by atoms with Crippen LogP contribution in [0.2, 0.25) is 0 Å². The van der Waals surface area contributed by atoms with Crippen molar-refractivity contribution in [3.63, 3.8) is 0 Å². The third kappa shape index (κ3) is 2.74. The van der Waals surface area contributed by atoms with E-state index in [0.717, 1.165) is 19.3 Å². The van der Waals surface area contributed by atoms with Crippen LogP contribution in [0.4, 0.5) is 10.1 Å². The predicted octanol–water partition coefficient (Wildman–Crippen LogP) is 3.05. The van der Waals surface area contributed by atoms with Crippen molar-refractivity contribution in [3.05, 3.63) is 35.8 Å². The average molecular weight is 304 g/mol. The number of carboxylic acids is 1. The first-order chi connectivity index (χ1) is 10.6. The van der Waals surface area contributed by atoms with Crippen LogP contribution in [-0.4, -0.2) is 35.3 Å². The van der Waals surface area contributed by atoms with Crippen molar-refractivity contribution >= 4 is 22.6 Å². The van der Waals surface area contributed by atoms with Crippen LogP contribution in [0.3, 0.4) is 0 Å². The van der Waals surface area contributed by atoms with Gasteiger partial charge in [0.25, 0.3) is 0 Å². The summed E-state index contributed by atoms with van der Waals surface area (Å²) in [5.41, 5.74) is 1.04. The molecule has 0 saturated heterocycles. The molecule has 6 heteroatoms. The highest BCUT2D eigenvalue weighted by Gasteiger charge is 2.26. The molecular formula is C16H17FN2O3. The minimum atomic E-state index is -1.05. The van der Waals surface area contributed by atoms with Gasteiger partial charge >= 0.3 is 5.97 Å². The normalized spacial score (nSPS) is 21.2. The Labute approximate surface area is 127 Å². The van der Waals surface area contributed by atoms with Gasteiger partial charge in [-0.2, -0.15) is 0 Å². The number of carbonyl (C=O) groups is 1. The maximum Gasteiger partial charge on any atom is 0.339 e. The molecule has 1 fully saturated rings. The SMILES string of the molecule is CO[C@H]1CC[C@H](Nc2c(C(=O)O)cnc3cc(F)ccc23)C1. The first-order valence-corrected chi connectivity index (χ1v) is 7.19. The predicted molar refractivity (Wildman–Crippen MR) is 80.7 cm³/mol. The van der Waals surface area contributed by atoms with Gasteiger partial charge in [0.15, 0.2) is 0 Å². The average Bonchev–Trinajstić information content (AvgIpc) is 2.94. The number of nitrogens with zero attached hydrogens (tertiary/aromatic N) is 1. The van der Waals surface area contributed by atoms with Crippen LogP contribution < -0.4 is 5.32 Å². The number of methoxy groups -OCH3 is 1. The number of halogens is 1. The summed E-state index contributed by atoms with van der Waals surface area (Å²) in [4.78, 5) is 15.5. The Morgan fingerprint density at radius 3 is 2.95 bits per heavy atom. The molecular weight excluding hydrogens is 287 g/mol. The molecule has 1 aromatic carbocycles. The van der Waals surface area contributed by atoms with E-state index < -0.39 is 11.8 Å². The number of aromatic carboxylic acids is 1. The number of nitrogens with one attached hydrogen (secondary N) is 1. The fourth-order valence-corrected chi connectivity index (χ4v) is 2.97. The smallest absolute Gasteiger partial charge is 0.339 e. The van der Waals surface area contributed by atoms with Gasteiger partial charge in [-0.25, -0.2) is 9.18 Å². The summed E-state index contributed by atoms with van der Waals surface area (Å²) in [5, 5.41) is 13.3. The molecule has 22 heavy (non-hydrogen) atoms. The number of fused-ring (bicyclic) bond motifs is 1.